The molecule has 3 rings (SSSR count). The Balaban J connectivity index is 1.90. The summed E-state index contributed by atoms with van der Waals surface area (Å²) in [4.78, 5) is 11.3. The van der Waals surface area contributed by atoms with Gasteiger partial charge in [-0.1, -0.05) is 18.2 Å². The van der Waals surface area contributed by atoms with Crippen LogP contribution in [0.15, 0.2) is 30.3 Å². The molecule has 1 aromatic heterocycles. The standard InChI is InChI=1S/C15H17NO3/c17-15(18)14-10-11-4-1-2-6-13(11)16(14)8-7-12-5-3-9-19-12/h1-2,4,6,10,12H,3,5,7-9H2,(H,17,18). The Labute approximate surface area is 111 Å². The smallest absolute Gasteiger partial charge is 0.352 e. The summed E-state index contributed by atoms with van der Waals surface area (Å²) in [7, 11) is 0. The van der Waals surface area contributed by atoms with Crippen molar-refractivity contribution >= 4 is 16.9 Å². The van der Waals surface area contributed by atoms with Crippen LogP contribution in [-0.4, -0.2) is 28.4 Å². The van der Waals surface area contributed by atoms with E-state index in [2.05, 4.69) is 0 Å². The number of rotatable bonds is 4. The molecule has 1 unspecified atom stereocenters. The Morgan fingerprint density at radius 1 is 1.42 bits per heavy atom. The quantitative estimate of drug-likeness (QED) is 0.918. The van der Waals surface area contributed by atoms with Crippen molar-refractivity contribution < 1.29 is 14.6 Å². The van der Waals surface area contributed by atoms with Crippen LogP contribution in [0.4, 0.5) is 0 Å². The lowest BCUT2D eigenvalue weighted by Gasteiger charge is -2.12. The molecule has 0 amide bonds. The average Bonchev–Trinajstić information content (AvgIpc) is 3.03. The van der Waals surface area contributed by atoms with Gasteiger partial charge in [0.25, 0.3) is 0 Å². The first-order valence-corrected chi connectivity index (χ1v) is 6.69. The zero-order valence-electron chi connectivity index (χ0n) is 10.7. The predicted molar refractivity (Wildman–Crippen MR) is 72.5 cm³/mol. The second-order valence-electron chi connectivity index (χ2n) is 4.97. The lowest BCUT2D eigenvalue weighted by atomic mass is 10.2. The number of ether oxygens (including phenoxy) is 1. The highest BCUT2D eigenvalue weighted by atomic mass is 16.5. The highest BCUT2D eigenvalue weighted by Gasteiger charge is 2.18. The van der Waals surface area contributed by atoms with Crippen LogP contribution in [0.25, 0.3) is 10.9 Å². The van der Waals surface area contributed by atoms with Gasteiger partial charge in [-0.3, -0.25) is 0 Å². The number of aromatic nitrogens is 1. The molecule has 4 heteroatoms. The molecule has 1 aromatic carbocycles. The fraction of sp³-hybridized carbons (Fsp3) is 0.400. The fourth-order valence-electron chi connectivity index (χ4n) is 2.77. The summed E-state index contributed by atoms with van der Waals surface area (Å²) in [5.74, 6) is -0.872. The number of nitrogens with zero attached hydrogens (tertiary/aromatic N) is 1. The third kappa shape index (κ3) is 2.36. The number of fused-ring (bicyclic) bond motifs is 1. The van der Waals surface area contributed by atoms with E-state index in [4.69, 9.17) is 4.74 Å². The summed E-state index contributed by atoms with van der Waals surface area (Å²) in [5.41, 5.74) is 1.34. The van der Waals surface area contributed by atoms with Gasteiger partial charge in [0.2, 0.25) is 0 Å². The van der Waals surface area contributed by atoms with Crippen LogP contribution in [-0.2, 0) is 11.3 Å². The molecular formula is C15H17NO3. The van der Waals surface area contributed by atoms with Crippen molar-refractivity contribution in [1.82, 2.24) is 4.57 Å². The topological polar surface area (TPSA) is 51.5 Å². The minimum atomic E-state index is -0.872. The van der Waals surface area contributed by atoms with Gasteiger partial charge in [0.15, 0.2) is 0 Å². The maximum absolute atomic E-state index is 11.3. The van der Waals surface area contributed by atoms with Gasteiger partial charge >= 0.3 is 5.97 Å². The monoisotopic (exact) mass is 259 g/mol. The van der Waals surface area contributed by atoms with Crippen molar-refractivity contribution in [1.29, 1.82) is 0 Å². The Bertz CT molecular complexity index is 596. The molecule has 1 N–H and O–H groups in total. The Morgan fingerprint density at radius 3 is 3.00 bits per heavy atom. The van der Waals surface area contributed by atoms with E-state index in [1.807, 2.05) is 28.8 Å². The van der Waals surface area contributed by atoms with Crippen LogP contribution < -0.4 is 0 Å². The number of hydrogen-bond acceptors (Lipinski definition) is 2. The van der Waals surface area contributed by atoms with Gasteiger partial charge in [-0.2, -0.15) is 0 Å². The van der Waals surface area contributed by atoms with E-state index in [1.54, 1.807) is 6.07 Å². The Hall–Kier alpha value is -1.81. The van der Waals surface area contributed by atoms with Crippen molar-refractivity contribution in [3.63, 3.8) is 0 Å². The number of hydrogen-bond donors (Lipinski definition) is 1. The van der Waals surface area contributed by atoms with E-state index in [9.17, 15) is 9.90 Å². The van der Waals surface area contributed by atoms with Crippen molar-refractivity contribution in [3.8, 4) is 0 Å². The van der Waals surface area contributed by atoms with E-state index in [0.717, 1.165) is 36.8 Å². The molecule has 1 fully saturated rings. The van der Waals surface area contributed by atoms with Crippen LogP contribution in [0.5, 0.6) is 0 Å². The molecule has 0 aliphatic carbocycles. The van der Waals surface area contributed by atoms with Crippen LogP contribution in [0.2, 0.25) is 0 Å². The summed E-state index contributed by atoms with van der Waals surface area (Å²) >= 11 is 0. The predicted octanol–water partition coefficient (Wildman–Crippen LogP) is 2.91. The van der Waals surface area contributed by atoms with E-state index in [0.29, 0.717) is 12.2 Å². The normalized spacial score (nSPS) is 19.1. The Morgan fingerprint density at radius 2 is 2.26 bits per heavy atom. The van der Waals surface area contributed by atoms with E-state index in [-0.39, 0.29) is 6.10 Å². The van der Waals surface area contributed by atoms with Gasteiger partial charge in [0.1, 0.15) is 5.69 Å². The number of carboxylic acid groups (broad SMARTS) is 1. The third-order valence-electron chi connectivity index (χ3n) is 3.73. The van der Waals surface area contributed by atoms with Gasteiger partial charge in [0.05, 0.1) is 6.10 Å². The first kappa shape index (κ1) is 12.2. The molecule has 0 spiro atoms. The highest BCUT2D eigenvalue weighted by molar-refractivity contribution is 5.94. The average molecular weight is 259 g/mol. The molecule has 0 bridgehead atoms. The van der Waals surface area contributed by atoms with Crippen molar-refractivity contribution in [2.24, 2.45) is 0 Å². The molecule has 1 atom stereocenters. The number of benzene rings is 1. The molecular weight excluding hydrogens is 242 g/mol. The SMILES string of the molecule is O=C(O)c1cc2ccccc2n1CCC1CCCO1. The van der Waals surface area contributed by atoms with E-state index < -0.39 is 5.97 Å². The van der Waals surface area contributed by atoms with Crippen molar-refractivity contribution in [2.75, 3.05) is 6.61 Å². The van der Waals surface area contributed by atoms with Gasteiger partial charge in [0, 0.05) is 24.1 Å². The molecule has 2 heterocycles. The second-order valence-corrected chi connectivity index (χ2v) is 4.97. The summed E-state index contributed by atoms with van der Waals surface area (Å²) in [6.45, 7) is 1.53. The van der Waals surface area contributed by atoms with Crippen molar-refractivity contribution in [2.45, 2.75) is 31.9 Å². The molecule has 0 radical (unpaired) electrons. The molecule has 2 aromatic rings. The lowest BCUT2D eigenvalue weighted by molar-refractivity contribution is 0.0680. The second kappa shape index (κ2) is 5.05. The maximum Gasteiger partial charge on any atom is 0.352 e. The van der Waals surface area contributed by atoms with Crippen LogP contribution in [0.3, 0.4) is 0 Å². The third-order valence-corrected chi connectivity index (χ3v) is 3.73. The fourth-order valence-corrected chi connectivity index (χ4v) is 2.77. The lowest BCUT2D eigenvalue weighted by Crippen LogP contribution is -2.13. The summed E-state index contributed by atoms with van der Waals surface area (Å²) in [5, 5.41) is 10.3. The summed E-state index contributed by atoms with van der Waals surface area (Å²) < 4.78 is 7.49. The first-order valence-electron chi connectivity index (χ1n) is 6.69. The van der Waals surface area contributed by atoms with Gasteiger partial charge in [-0.25, -0.2) is 4.79 Å². The molecule has 0 saturated carbocycles. The van der Waals surface area contributed by atoms with Crippen LogP contribution in [0.1, 0.15) is 29.8 Å². The molecule has 1 saturated heterocycles. The molecule has 1 aliphatic heterocycles. The summed E-state index contributed by atoms with van der Waals surface area (Å²) in [6.07, 6.45) is 3.35. The maximum atomic E-state index is 11.3. The molecule has 1 aliphatic rings. The minimum absolute atomic E-state index is 0.280. The highest BCUT2D eigenvalue weighted by Crippen LogP contribution is 2.22. The zero-order valence-corrected chi connectivity index (χ0v) is 10.7. The van der Waals surface area contributed by atoms with Crippen LogP contribution >= 0.6 is 0 Å². The number of aryl methyl sites for hydroxylation is 1. The minimum Gasteiger partial charge on any atom is -0.477 e. The van der Waals surface area contributed by atoms with E-state index >= 15 is 0 Å². The number of carbonyl (C=O) groups is 1. The van der Waals surface area contributed by atoms with Crippen LogP contribution in [0, 0.1) is 0 Å². The largest absolute Gasteiger partial charge is 0.477 e. The Kier molecular flexibility index (Phi) is 3.25. The zero-order chi connectivity index (χ0) is 13.2. The number of aromatic carboxylic acids is 1. The first-order chi connectivity index (χ1) is 9.25. The molecule has 19 heavy (non-hydrogen) atoms. The van der Waals surface area contributed by atoms with Gasteiger partial charge in [-0.05, 0) is 31.4 Å². The van der Waals surface area contributed by atoms with Gasteiger partial charge < -0.3 is 14.4 Å². The summed E-state index contributed by atoms with van der Waals surface area (Å²) in [6, 6.07) is 9.53. The van der Waals surface area contributed by atoms with Gasteiger partial charge in [-0.15, -0.1) is 0 Å². The molecule has 4 nitrogen and oxygen atoms in total. The molecule has 100 valence electrons. The number of para-hydroxylation sites is 1. The number of carboxylic acids is 1. The van der Waals surface area contributed by atoms with E-state index in [1.165, 1.54) is 0 Å². The van der Waals surface area contributed by atoms with Crippen molar-refractivity contribution in [3.05, 3.63) is 36.0 Å².